The number of sulfonamides is 1. The summed E-state index contributed by atoms with van der Waals surface area (Å²) in [4.78, 5) is 12.5. The predicted octanol–water partition coefficient (Wildman–Crippen LogP) is 3.49. The Morgan fingerprint density at radius 2 is 1.53 bits per heavy atom. The first-order chi connectivity index (χ1) is 17.3. The number of nitrogens with zero attached hydrogens (tertiary/aromatic N) is 1. The van der Waals surface area contributed by atoms with Gasteiger partial charge in [-0.3, -0.25) is 9.10 Å². The van der Waals surface area contributed by atoms with Crippen LogP contribution < -0.4 is 28.6 Å². The lowest BCUT2D eigenvalue weighted by atomic mass is 10.1. The molecule has 0 saturated heterocycles. The molecule has 36 heavy (non-hydrogen) atoms. The highest BCUT2D eigenvalue weighted by molar-refractivity contribution is 7.92. The van der Waals surface area contributed by atoms with Gasteiger partial charge in [0.25, 0.3) is 5.91 Å². The third-order valence-corrected chi connectivity index (χ3v) is 6.44. The second-order valence-electron chi connectivity index (χ2n) is 7.76. The SMILES string of the molecule is COc1ccc(OC)c(N(Cc2ccc(C(=O)NCCOc3ccccc3OC)cc2)S(C)(=O)=O)c1. The number of hydrogen-bond donors (Lipinski definition) is 1. The molecule has 10 heteroatoms. The Morgan fingerprint density at radius 3 is 2.14 bits per heavy atom. The molecule has 0 bridgehead atoms. The Balaban J connectivity index is 1.65. The van der Waals surface area contributed by atoms with Crippen LogP contribution in [-0.4, -0.2) is 55.1 Å². The van der Waals surface area contributed by atoms with Crippen molar-refractivity contribution in [1.82, 2.24) is 5.32 Å². The van der Waals surface area contributed by atoms with Crippen molar-refractivity contribution in [3.8, 4) is 23.0 Å². The quantitative estimate of drug-likeness (QED) is 0.369. The number of para-hydroxylation sites is 2. The summed E-state index contributed by atoms with van der Waals surface area (Å²) in [6.07, 6.45) is 1.13. The van der Waals surface area contributed by atoms with Gasteiger partial charge in [0.2, 0.25) is 10.0 Å². The second-order valence-corrected chi connectivity index (χ2v) is 9.67. The van der Waals surface area contributed by atoms with Crippen molar-refractivity contribution in [3.63, 3.8) is 0 Å². The Morgan fingerprint density at radius 1 is 0.861 bits per heavy atom. The zero-order valence-electron chi connectivity index (χ0n) is 20.7. The van der Waals surface area contributed by atoms with Crippen LogP contribution in [0.2, 0.25) is 0 Å². The van der Waals surface area contributed by atoms with E-state index in [-0.39, 0.29) is 19.1 Å². The second kappa shape index (κ2) is 12.2. The first-order valence-electron chi connectivity index (χ1n) is 11.1. The molecule has 0 heterocycles. The van der Waals surface area contributed by atoms with Crippen LogP contribution in [0, 0.1) is 0 Å². The lowest BCUT2D eigenvalue weighted by molar-refractivity contribution is 0.0946. The van der Waals surface area contributed by atoms with E-state index in [0.717, 1.165) is 6.26 Å². The summed E-state index contributed by atoms with van der Waals surface area (Å²) in [5.74, 6) is 1.85. The van der Waals surface area contributed by atoms with Gasteiger partial charge in [0.1, 0.15) is 18.1 Å². The van der Waals surface area contributed by atoms with Crippen LogP contribution in [-0.2, 0) is 16.6 Å². The molecule has 192 valence electrons. The Labute approximate surface area is 211 Å². The lowest BCUT2D eigenvalue weighted by Crippen LogP contribution is -2.30. The van der Waals surface area contributed by atoms with Gasteiger partial charge in [0.05, 0.1) is 46.4 Å². The fourth-order valence-electron chi connectivity index (χ4n) is 3.47. The topological polar surface area (TPSA) is 103 Å². The van der Waals surface area contributed by atoms with E-state index in [9.17, 15) is 13.2 Å². The number of rotatable bonds is 12. The van der Waals surface area contributed by atoms with Crippen molar-refractivity contribution < 1.29 is 32.2 Å². The van der Waals surface area contributed by atoms with Gasteiger partial charge in [-0.2, -0.15) is 0 Å². The van der Waals surface area contributed by atoms with E-state index in [1.807, 2.05) is 12.1 Å². The van der Waals surface area contributed by atoms with Gasteiger partial charge in [-0.1, -0.05) is 24.3 Å². The normalized spacial score (nSPS) is 10.9. The molecule has 0 fully saturated rings. The smallest absolute Gasteiger partial charge is 0.251 e. The van der Waals surface area contributed by atoms with Crippen molar-refractivity contribution in [2.45, 2.75) is 6.54 Å². The molecule has 9 nitrogen and oxygen atoms in total. The highest BCUT2D eigenvalue weighted by Gasteiger charge is 2.22. The first-order valence-corrected chi connectivity index (χ1v) is 12.9. The van der Waals surface area contributed by atoms with Gasteiger partial charge >= 0.3 is 0 Å². The third-order valence-electron chi connectivity index (χ3n) is 5.31. The van der Waals surface area contributed by atoms with Crippen LogP contribution >= 0.6 is 0 Å². The molecular formula is C26H30N2O7S. The Hall–Kier alpha value is -3.92. The minimum Gasteiger partial charge on any atom is -0.497 e. The van der Waals surface area contributed by atoms with E-state index >= 15 is 0 Å². The van der Waals surface area contributed by atoms with Crippen molar-refractivity contribution >= 4 is 21.6 Å². The zero-order valence-corrected chi connectivity index (χ0v) is 21.5. The number of nitrogens with one attached hydrogen (secondary N) is 1. The van der Waals surface area contributed by atoms with E-state index < -0.39 is 10.0 Å². The van der Waals surface area contributed by atoms with Gasteiger partial charge in [-0.15, -0.1) is 0 Å². The highest BCUT2D eigenvalue weighted by atomic mass is 32.2. The van der Waals surface area contributed by atoms with Crippen molar-refractivity contribution in [1.29, 1.82) is 0 Å². The molecule has 0 aliphatic rings. The van der Waals surface area contributed by atoms with Gasteiger partial charge in [-0.05, 0) is 42.0 Å². The van der Waals surface area contributed by atoms with E-state index in [1.165, 1.54) is 18.5 Å². The van der Waals surface area contributed by atoms with Gasteiger partial charge in [0, 0.05) is 11.6 Å². The van der Waals surface area contributed by atoms with Crippen LogP contribution in [0.15, 0.2) is 66.7 Å². The number of carbonyl (C=O) groups excluding carboxylic acids is 1. The average Bonchev–Trinajstić information content (AvgIpc) is 2.89. The molecule has 0 saturated carbocycles. The molecule has 3 aromatic carbocycles. The van der Waals surface area contributed by atoms with Crippen LogP contribution in [0.3, 0.4) is 0 Å². The Bertz CT molecular complexity index is 1280. The number of carbonyl (C=O) groups is 1. The average molecular weight is 515 g/mol. The minimum absolute atomic E-state index is 0.0526. The molecule has 0 spiro atoms. The summed E-state index contributed by atoms with van der Waals surface area (Å²) in [5.41, 5.74) is 1.50. The molecule has 0 aromatic heterocycles. The fourth-order valence-corrected chi connectivity index (χ4v) is 4.35. The molecule has 1 amide bonds. The zero-order chi connectivity index (χ0) is 26.1. The maximum Gasteiger partial charge on any atom is 0.251 e. The summed E-state index contributed by atoms with van der Waals surface area (Å²) in [5, 5.41) is 2.80. The maximum absolute atomic E-state index is 12.6. The first kappa shape index (κ1) is 26.7. The summed E-state index contributed by atoms with van der Waals surface area (Å²) in [6, 6.07) is 18.9. The number of benzene rings is 3. The van der Waals surface area contributed by atoms with Gasteiger partial charge in [-0.25, -0.2) is 8.42 Å². The monoisotopic (exact) mass is 514 g/mol. The van der Waals surface area contributed by atoms with E-state index in [4.69, 9.17) is 18.9 Å². The predicted molar refractivity (Wildman–Crippen MR) is 138 cm³/mol. The fraction of sp³-hybridized carbons (Fsp3) is 0.269. The van der Waals surface area contributed by atoms with Crippen LogP contribution in [0.25, 0.3) is 0 Å². The molecule has 0 radical (unpaired) electrons. The van der Waals surface area contributed by atoms with Crippen molar-refractivity contribution in [3.05, 3.63) is 77.9 Å². The molecular weight excluding hydrogens is 484 g/mol. The number of anilines is 1. The summed E-state index contributed by atoms with van der Waals surface area (Å²) < 4.78 is 48.0. The summed E-state index contributed by atoms with van der Waals surface area (Å²) >= 11 is 0. The molecule has 0 atom stereocenters. The Kier molecular flexibility index (Phi) is 9.02. The number of ether oxygens (including phenoxy) is 4. The standard InChI is InChI=1S/C26H30N2O7S/c1-32-21-13-14-23(33-2)22(17-21)28(36(4,30)31)18-19-9-11-20(12-10-19)26(29)27-15-16-35-25-8-6-5-7-24(25)34-3/h5-14,17H,15-16,18H2,1-4H3,(H,27,29). The molecule has 0 unspecified atom stereocenters. The van der Waals surface area contributed by atoms with Crippen molar-refractivity contribution in [2.75, 3.05) is 45.0 Å². The number of amides is 1. The molecule has 0 aliphatic carbocycles. The van der Waals surface area contributed by atoms with Crippen LogP contribution in [0.5, 0.6) is 23.0 Å². The molecule has 3 rings (SSSR count). The largest absolute Gasteiger partial charge is 0.497 e. The van der Waals surface area contributed by atoms with Crippen LogP contribution in [0.4, 0.5) is 5.69 Å². The van der Waals surface area contributed by atoms with E-state index in [1.54, 1.807) is 61.7 Å². The van der Waals surface area contributed by atoms with Gasteiger partial charge in [0.15, 0.2) is 11.5 Å². The summed E-state index contributed by atoms with van der Waals surface area (Å²) in [7, 11) is 0.896. The van der Waals surface area contributed by atoms with Crippen LogP contribution in [0.1, 0.15) is 15.9 Å². The van der Waals surface area contributed by atoms with E-state index in [0.29, 0.717) is 46.4 Å². The molecule has 1 N–H and O–H groups in total. The van der Waals surface area contributed by atoms with Crippen molar-refractivity contribution in [2.24, 2.45) is 0 Å². The lowest BCUT2D eigenvalue weighted by Gasteiger charge is -2.25. The number of methoxy groups -OCH3 is 3. The summed E-state index contributed by atoms with van der Waals surface area (Å²) in [6.45, 7) is 0.628. The maximum atomic E-state index is 12.6. The van der Waals surface area contributed by atoms with E-state index in [2.05, 4.69) is 5.32 Å². The molecule has 3 aromatic rings. The van der Waals surface area contributed by atoms with Gasteiger partial charge < -0.3 is 24.3 Å². The third kappa shape index (κ3) is 6.82. The minimum atomic E-state index is -3.65. The number of hydrogen-bond acceptors (Lipinski definition) is 7. The molecule has 0 aliphatic heterocycles. The highest BCUT2D eigenvalue weighted by Crippen LogP contribution is 2.34.